The van der Waals surface area contributed by atoms with Crippen LogP contribution in [-0.4, -0.2) is 26.7 Å². The van der Waals surface area contributed by atoms with Crippen LogP contribution in [0.4, 0.5) is 8.78 Å². The van der Waals surface area contributed by atoms with Crippen LogP contribution in [-0.2, 0) is 12.0 Å². The molecule has 6 nitrogen and oxygen atoms in total. The molecule has 0 fully saturated rings. The van der Waals surface area contributed by atoms with Crippen LogP contribution in [0.5, 0.6) is 5.75 Å². The molecule has 0 aliphatic carbocycles. The first kappa shape index (κ1) is 22.4. The van der Waals surface area contributed by atoms with Crippen LogP contribution in [0.15, 0.2) is 47.3 Å². The quantitative estimate of drug-likeness (QED) is 0.544. The van der Waals surface area contributed by atoms with Crippen molar-refractivity contribution in [3.8, 4) is 11.4 Å². The number of carbonyl (C=O) groups is 1. The van der Waals surface area contributed by atoms with E-state index >= 15 is 0 Å². The van der Waals surface area contributed by atoms with Crippen LogP contribution in [0.1, 0.15) is 48.2 Å². The minimum atomic E-state index is -2.89. The highest BCUT2D eigenvalue weighted by Crippen LogP contribution is 2.24. The highest BCUT2D eigenvalue weighted by molar-refractivity contribution is 5.97. The molecule has 0 spiro atoms. The number of halogens is 2. The van der Waals surface area contributed by atoms with Crippen molar-refractivity contribution < 1.29 is 18.3 Å². The highest BCUT2D eigenvalue weighted by atomic mass is 19.3. The molecule has 0 saturated heterocycles. The van der Waals surface area contributed by atoms with E-state index in [2.05, 4.69) is 9.84 Å². The largest absolute Gasteiger partial charge is 0.435 e. The molecule has 8 heteroatoms. The zero-order valence-electron chi connectivity index (χ0n) is 18.1. The zero-order valence-corrected chi connectivity index (χ0v) is 18.1. The van der Waals surface area contributed by atoms with Crippen LogP contribution in [0.3, 0.4) is 0 Å². The van der Waals surface area contributed by atoms with E-state index in [0.29, 0.717) is 16.9 Å². The molecule has 0 atom stereocenters. The Morgan fingerprint density at radius 3 is 2.32 bits per heavy atom. The van der Waals surface area contributed by atoms with E-state index in [0.717, 1.165) is 11.4 Å². The number of ether oxygens (including phenoxy) is 1. The summed E-state index contributed by atoms with van der Waals surface area (Å²) in [6.45, 7) is 6.53. The average molecular weight is 429 g/mol. The molecule has 31 heavy (non-hydrogen) atoms. The molecule has 0 radical (unpaired) electrons. The predicted molar refractivity (Wildman–Crippen MR) is 113 cm³/mol. The van der Waals surface area contributed by atoms with E-state index in [9.17, 15) is 18.4 Å². The van der Waals surface area contributed by atoms with Crippen molar-refractivity contribution in [1.29, 1.82) is 0 Å². The summed E-state index contributed by atoms with van der Waals surface area (Å²) >= 11 is 0. The van der Waals surface area contributed by atoms with Gasteiger partial charge in [0.2, 0.25) is 0 Å². The summed E-state index contributed by atoms with van der Waals surface area (Å²) in [6, 6.07) is 11.0. The van der Waals surface area contributed by atoms with Gasteiger partial charge < -0.3 is 9.30 Å². The molecule has 0 bridgehead atoms. The molecular weight excluding hydrogens is 404 g/mol. The van der Waals surface area contributed by atoms with Gasteiger partial charge in [0.15, 0.2) is 5.78 Å². The molecule has 0 saturated carbocycles. The predicted octanol–water partition coefficient (Wildman–Crippen LogP) is 4.43. The smallest absolute Gasteiger partial charge is 0.387 e. The second-order valence-corrected chi connectivity index (χ2v) is 8.38. The van der Waals surface area contributed by atoms with Crippen LogP contribution < -0.4 is 10.3 Å². The van der Waals surface area contributed by atoms with E-state index < -0.39 is 6.61 Å². The summed E-state index contributed by atoms with van der Waals surface area (Å²) in [6.07, 6.45) is 0. The number of ketones is 1. The Balaban J connectivity index is 1.90. The number of aryl methyl sites for hydroxylation is 1. The number of nitrogens with zero attached hydrogens (tertiary/aromatic N) is 3. The van der Waals surface area contributed by atoms with Gasteiger partial charge in [-0.1, -0.05) is 20.8 Å². The third kappa shape index (κ3) is 4.90. The van der Waals surface area contributed by atoms with Crippen LogP contribution in [0.25, 0.3) is 5.69 Å². The van der Waals surface area contributed by atoms with Crippen molar-refractivity contribution in [3.63, 3.8) is 0 Å². The minimum absolute atomic E-state index is 0.0571. The Kier molecular flexibility index (Phi) is 6.10. The Hall–Kier alpha value is -3.29. The number of hydrogen-bond acceptors (Lipinski definition) is 4. The lowest BCUT2D eigenvalue weighted by atomic mass is 9.92. The summed E-state index contributed by atoms with van der Waals surface area (Å²) in [5, 5.41) is 4.36. The third-order valence-corrected chi connectivity index (χ3v) is 4.98. The number of Topliss-reactive ketones (excluding diaryl/α,β-unsaturated/α-hetero) is 1. The maximum atomic E-state index is 13.0. The molecule has 0 N–H and O–H groups in total. The fourth-order valence-corrected chi connectivity index (χ4v) is 3.40. The first-order valence-electron chi connectivity index (χ1n) is 9.83. The van der Waals surface area contributed by atoms with Crippen molar-refractivity contribution in [2.24, 2.45) is 0 Å². The van der Waals surface area contributed by atoms with Gasteiger partial charge in [0, 0.05) is 34.1 Å². The van der Waals surface area contributed by atoms with Gasteiger partial charge in [-0.25, -0.2) is 4.68 Å². The van der Waals surface area contributed by atoms with E-state index in [-0.39, 0.29) is 29.1 Å². The molecule has 3 rings (SSSR count). The van der Waals surface area contributed by atoms with E-state index in [1.165, 1.54) is 22.9 Å². The lowest BCUT2D eigenvalue weighted by molar-refractivity contribution is -0.0498. The van der Waals surface area contributed by atoms with Gasteiger partial charge in [0.1, 0.15) is 12.3 Å². The number of aromatic nitrogens is 3. The van der Waals surface area contributed by atoms with Gasteiger partial charge in [-0.3, -0.25) is 9.59 Å². The van der Waals surface area contributed by atoms with Crippen LogP contribution >= 0.6 is 0 Å². The third-order valence-electron chi connectivity index (χ3n) is 4.98. The maximum absolute atomic E-state index is 13.0. The van der Waals surface area contributed by atoms with Crippen molar-refractivity contribution in [2.75, 3.05) is 0 Å². The zero-order chi connectivity index (χ0) is 22.9. The first-order chi connectivity index (χ1) is 14.5. The summed E-state index contributed by atoms with van der Waals surface area (Å²) < 4.78 is 32.2. The fourth-order valence-electron chi connectivity index (χ4n) is 3.40. The van der Waals surface area contributed by atoms with Gasteiger partial charge in [0.25, 0.3) is 5.56 Å². The molecule has 0 aliphatic heterocycles. The molecule has 0 amide bonds. The number of hydrogen-bond donors (Lipinski definition) is 0. The fraction of sp³-hybridized carbons (Fsp3) is 0.348. The maximum Gasteiger partial charge on any atom is 0.387 e. The monoisotopic (exact) mass is 429 g/mol. The van der Waals surface area contributed by atoms with Crippen molar-refractivity contribution in [3.05, 3.63) is 75.5 Å². The molecule has 1 aromatic carbocycles. The lowest BCUT2D eigenvalue weighted by Gasteiger charge is -2.18. The lowest BCUT2D eigenvalue weighted by Crippen LogP contribution is -2.29. The molecule has 0 unspecified atom stereocenters. The summed E-state index contributed by atoms with van der Waals surface area (Å²) in [4.78, 5) is 25.2. The Bertz CT molecular complexity index is 1160. The second-order valence-electron chi connectivity index (χ2n) is 8.38. The normalized spacial score (nSPS) is 11.7. The van der Waals surface area contributed by atoms with Crippen molar-refractivity contribution in [2.45, 2.75) is 53.2 Å². The van der Waals surface area contributed by atoms with Gasteiger partial charge in [-0.2, -0.15) is 13.9 Å². The number of carbonyl (C=O) groups excluding carboxylic acids is 1. The molecule has 0 aliphatic rings. The van der Waals surface area contributed by atoms with Gasteiger partial charge >= 0.3 is 6.61 Å². The van der Waals surface area contributed by atoms with E-state index in [4.69, 9.17) is 0 Å². The van der Waals surface area contributed by atoms with Gasteiger partial charge in [0.05, 0.1) is 5.69 Å². The topological polar surface area (TPSA) is 66.1 Å². The Morgan fingerprint density at radius 2 is 1.74 bits per heavy atom. The summed E-state index contributed by atoms with van der Waals surface area (Å²) in [5.41, 5.74) is 2.79. The molecule has 2 heterocycles. The Morgan fingerprint density at radius 1 is 1.10 bits per heavy atom. The summed E-state index contributed by atoms with van der Waals surface area (Å²) in [5.74, 6) is -0.181. The second kappa shape index (κ2) is 8.45. The van der Waals surface area contributed by atoms with E-state index in [1.54, 1.807) is 31.2 Å². The molecule has 164 valence electrons. The van der Waals surface area contributed by atoms with Crippen LogP contribution in [0.2, 0.25) is 0 Å². The first-order valence-corrected chi connectivity index (χ1v) is 9.83. The Labute approximate surface area is 179 Å². The molecule has 3 aromatic rings. The molecule has 2 aromatic heterocycles. The SMILES string of the molecule is Cc1cc(C(=O)Cn2nc(C(C)(C)C)ccc2=O)c(C)n1-c1ccc(OC(F)F)cc1. The standard InChI is InChI=1S/C23H25F2N3O3/c1-14-12-18(15(2)28(14)16-6-8-17(9-7-16)31-22(24)25)19(29)13-27-21(30)11-10-20(26-27)23(3,4)5/h6-12,22H,13H2,1-5H3. The van der Waals surface area contributed by atoms with E-state index in [1.807, 2.05) is 32.3 Å². The molecular formula is C23H25F2N3O3. The van der Waals surface area contributed by atoms with Crippen molar-refractivity contribution >= 4 is 5.78 Å². The minimum Gasteiger partial charge on any atom is -0.435 e. The van der Waals surface area contributed by atoms with Crippen molar-refractivity contribution in [1.82, 2.24) is 14.3 Å². The van der Waals surface area contributed by atoms with Gasteiger partial charge in [-0.15, -0.1) is 0 Å². The number of benzene rings is 1. The highest BCUT2D eigenvalue weighted by Gasteiger charge is 2.20. The summed E-state index contributed by atoms with van der Waals surface area (Å²) in [7, 11) is 0. The average Bonchev–Trinajstić information content (AvgIpc) is 2.97. The van der Waals surface area contributed by atoms with Gasteiger partial charge in [-0.05, 0) is 50.2 Å². The number of rotatable bonds is 6. The number of alkyl halides is 2. The van der Waals surface area contributed by atoms with Crippen LogP contribution in [0, 0.1) is 13.8 Å².